The second-order valence-corrected chi connectivity index (χ2v) is 5.46. The molecule has 21 heavy (non-hydrogen) atoms. The molecule has 0 aliphatic carbocycles. The van der Waals surface area contributed by atoms with Crippen molar-refractivity contribution in [2.75, 3.05) is 4.90 Å². The van der Waals surface area contributed by atoms with E-state index < -0.39 is 12.1 Å². The van der Waals surface area contributed by atoms with Crippen molar-refractivity contribution in [3.63, 3.8) is 0 Å². The first-order valence-corrected chi connectivity index (χ1v) is 6.90. The second-order valence-electron chi connectivity index (χ2n) is 4.93. The van der Waals surface area contributed by atoms with E-state index in [-0.39, 0.29) is 12.3 Å². The van der Waals surface area contributed by atoms with Crippen molar-refractivity contribution in [1.29, 1.82) is 0 Å². The summed E-state index contributed by atoms with van der Waals surface area (Å²) in [4.78, 5) is 25.5. The Kier molecular flexibility index (Phi) is 3.39. The van der Waals surface area contributed by atoms with Gasteiger partial charge in [0.2, 0.25) is 0 Å². The highest BCUT2D eigenvalue weighted by Gasteiger charge is 2.38. The van der Waals surface area contributed by atoms with Crippen molar-refractivity contribution < 1.29 is 9.59 Å². The van der Waals surface area contributed by atoms with E-state index in [4.69, 9.17) is 11.6 Å². The minimum Gasteiger partial charge on any atom is -0.325 e. The van der Waals surface area contributed by atoms with Gasteiger partial charge >= 0.3 is 6.03 Å². The number of imide groups is 1. The van der Waals surface area contributed by atoms with Gasteiger partial charge in [0.05, 0.1) is 5.69 Å². The van der Waals surface area contributed by atoms with Crippen LogP contribution in [0.1, 0.15) is 6.42 Å². The number of halogens is 1. The molecule has 1 fully saturated rings. The predicted molar refractivity (Wildman–Crippen MR) is 83.4 cm³/mol. The molecule has 106 valence electrons. The van der Waals surface area contributed by atoms with E-state index in [0.29, 0.717) is 10.7 Å². The van der Waals surface area contributed by atoms with E-state index in [1.807, 2.05) is 36.4 Å². The van der Waals surface area contributed by atoms with E-state index in [9.17, 15) is 9.59 Å². The smallest absolute Gasteiger partial charge is 0.325 e. The molecule has 0 bridgehead atoms. The molecule has 1 aliphatic rings. The molecule has 0 saturated carbocycles. The van der Waals surface area contributed by atoms with Crippen LogP contribution in [0.15, 0.2) is 54.1 Å². The van der Waals surface area contributed by atoms with Gasteiger partial charge in [-0.15, -0.1) is 0 Å². The Hall–Kier alpha value is -2.33. The number of anilines is 1. The van der Waals surface area contributed by atoms with Crippen molar-refractivity contribution in [2.24, 2.45) is 0 Å². The van der Waals surface area contributed by atoms with Crippen LogP contribution in [-0.4, -0.2) is 18.0 Å². The topological polar surface area (TPSA) is 49.4 Å². The molecular formula is C16H13ClN2O2. The van der Waals surface area contributed by atoms with Gasteiger partial charge in [-0.25, -0.2) is 9.69 Å². The van der Waals surface area contributed by atoms with Crippen LogP contribution < -0.4 is 10.2 Å². The molecular weight excluding hydrogens is 288 g/mol. The average molecular weight is 301 g/mol. The zero-order chi connectivity index (χ0) is 15.0. The molecule has 0 aromatic heterocycles. The molecule has 1 saturated heterocycles. The normalized spacial score (nSPS) is 18.1. The highest BCUT2D eigenvalue weighted by Crippen LogP contribution is 2.26. The third kappa shape index (κ3) is 2.50. The summed E-state index contributed by atoms with van der Waals surface area (Å²) in [6.45, 7) is 3.56. The van der Waals surface area contributed by atoms with E-state index in [1.165, 1.54) is 0 Å². The fourth-order valence-corrected chi connectivity index (χ4v) is 2.61. The third-order valence-corrected chi connectivity index (χ3v) is 3.59. The van der Waals surface area contributed by atoms with Crippen LogP contribution in [0.5, 0.6) is 0 Å². The van der Waals surface area contributed by atoms with Crippen molar-refractivity contribution in [3.05, 3.63) is 54.1 Å². The lowest BCUT2D eigenvalue weighted by Gasteiger charge is -2.13. The number of amides is 3. The Morgan fingerprint density at radius 1 is 1.19 bits per heavy atom. The molecule has 0 radical (unpaired) electrons. The summed E-state index contributed by atoms with van der Waals surface area (Å²) in [5.41, 5.74) is 0.555. The summed E-state index contributed by atoms with van der Waals surface area (Å²) in [6.07, 6.45) is 0.232. The standard InChI is InChI=1S/C16H13ClN2O2/c1-10(17)8-14-15(20)19(16(21)18-14)13-7-6-11-4-2-3-5-12(11)9-13/h2-7,9,14H,1,8H2,(H,18,21). The van der Waals surface area contributed by atoms with Crippen LogP contribution in [0, 0.1) is 0 Å². The van der Waals surface area contributed by atoms with Gasteiger partial charge in [-0.05, 0) is 22.9 Å². The minimum absolute atomic E-state index is 0.232. The van der Waals surface area contributed by atoms with Crippen LogP contribution in [0.25, 0.3) is 10.8 Å². The molecule has 1 aliphatic heterocycles. The SMILES string of the molecule is C=C(Cl)CC1NC(=O)N(c2ccc3ccccc3c2)C1=O. The Morgan fingerprint density at radius 2 is 1.90 bits per heavy atom. The Bertz CT molecular complexity index is 757. The summed E-state index contributed by atoms with van der Waals surface area (Å²) in [5.74, 6) is -0.308. The van der Waals surface area contributed by atoms with Gasteiger partial charge in [0, 0.05) is 11.5 Å². The van der Waals surface area contributed by atoms with Crippen molar-refractivity contribution in [1.82, 2.24) is 5.32 Å². The summed E-state index contributed by atoms with van der Waals surface area (Å²) in [6, 6.07) is 12.2. The Morgan fingerprint density at radius 3 is 2.62 bits per heavy atom. The van der Waals surface area contributed by atoms with Gasteiger partial charge in [-0.1, -0.05) is 48.5 Å². The summed E-state index contributed by atoms with van der Waals surface area (Å²) >= 11 is 5.73. The number of urea groups is 1. The van der Waals surface area contributed by atoms with Crippen LogP contribution in [0.3, 0.4) is 0 Å². The number of hydrogen-bond donors (Lipinski definition) is 1. The predicted octanol–water partition coefficient (Wildman–Crippen LogP) is 3.41. The van der Waals surface area contributed by atoms with E-state index in [1.54, 1.807) is 6.07 Å². The Labute approximate surface area is 127 Å². The molecule has 2 aromatic carbocycles. The molecule has 0 spiro atoms. The van der Waals surface area contributed by atoms with Crippen molar-refractivity contribution in [2.45, 2.75) is 12.5 Å². The van der Waals surface area contributed by atoms with Gasteiger partial charge in [-0.2, -0.15) is 0 Å². The monoisotopic (exact) mass is 300 g/mol. The van der Waals surface area contributed by atoms with Crippen molar-refractivity contribution in [3.8, 4) is 0 Å². The zero-order valence-corrected chi connectivity index (χ0v) is 11.9. The van der Waals surface area contributed by atoms with E-state index in [2.05, 4.69) is 11.9 Å². The molecule has 1 atom stereocenters. The summed E-state index contributed by atoms with van der Waals surface area (Å²) < 4.78 is 0. The average Bonchev–Trinajstić information content (AvgIpc) is 2.72. The van der Waals surface area contributed by atoms with E-state index >= 15 is 0 Å². The molecule has 1 heterocycles. The number of carbonyl (C=O) groups excluding carboxylic acids is 2. The number of hydrogen-bond acceptors (Lipinski definition) is 2. The maximum absolute atomic E-state index is 12.3. The molecule has 2 aromatic rings. The number of rotatable bonds is 3. The molecule has 4 nitrogen and oxygen atoms in total. The molecule has 3 rings (SSSR count). The highest BCUT2D eigenvalue weighted by atomic mass is 35.5. The van der Waals surface area contributed by atoms with Gasteiger partial charge in [0.15, 0.2) is 0 Å². The first-order valence-electron chi connectivity index (χ1n) is 6.53. The van der Waals surface area contributed by atoms with Crippen LogP contribution >= 0.6 is 11.6 Å². The number of fused-ring (bicyclic) bond motifs is 1. The fourth-order valence-electron chi connectivity index (χ4n) is 2.45. The van der Waals surface area contributed by atoms with Gasteiger partial charge < -0.3 is 5.32 Å². The lowest BCUT2D eigenvalue weighted by molar-refractivity contribution is -0.118. The maximum Gasteiger partial charge on any atom is 0.329 e. The highest BCUT2D eigenvalue weighted by molar-refractivity contribution is 6.30. The molecule has 3 amide bonds. The quantitative estimate of drug-likeness (QED) is 0.883. The molecule has 5 heteroatoms. The molecule has 1 N–H and O–H groups in total. The van der Waals surface area contributed by atoms with Gasteiger partial charge in [-0.3, -0.25) is 4.79 Å². The minimum atomic E-state index is -0.644. The number of nitrogens with one attached hydrogen (secondary N) is 1. The summed E-state index contributed by atoms with van der Waals surface area (Å²) in [5, 5.41) is 4.99. The largest absolute Gasteiger partial charge is 0.329 e. The first-order chi connectivity index (χ1) is 10.1. The lowest BCUT2D eigenvalue weighted by atomic mass is 10.1. The lowest BCUT2D eigenvalue weighted by Crippen LogP contribution is -2.31. The fraction of sp³-hybridized carbons (Fsp3) is 0.125. The maximum atomic E-state index is 12.3. The van der Waals surface area contributed by atoms with Crippen LogP contribution in [0.2, 0.25) is 0 Å². The van der Waals surface area contributed by atoms with Crippen molar-refractivity contribution >= 4 is 40.0 Å². The number of nitrogens with zero attached hydrogens (tertiary/aromatic N) is 1. The third-order valence-electron chi connectivity index (χ3n) is 3.44. The summed E-state index contributed by atoms with van der Waals surface area (Å²) in [7, 11) is 0. The molecule has 1 unspecified atom stereocenters. The Balaban J connectivity index is 1.96. The van der Waals surface area contributed by atoms with Crippen LogP contribution in [0.4, 0.5) is 10.5 Å². The van der Waals surface area contributed by atoms with Gasteiger partial charge in [0.1, 0.15) is 6.04 Å². The van der Waals surface area contributed by atoms with Crippen LogP contribution in [-0.2, 0) is 4.79 Å². The number of carbonyl (C=O) groups is 2. The van der Waals surface area contributed by atoms with Gasteiger partial charge in [0.25, 0.3) is 5.91 Å². The second kappa shape index (κ2) is 5.22. The zero-order valence-electron chi connectivity index (χ0n) is 11.2. The number of benzene rings is 2. The first kappa shape index (κ1) is 13.6. The van der Waals surface area contributed by atoms with E-state index in [0.717, 1.165) is 15.7 Å².